The van der Waals surface area contributed by atoms with Crippen molar-refractivity contribution in [2.45, 2.75) is 51.4 Å². The van der Waals surface area contributed by atoms with Gasteiger partial charge in [0, 0.05) is 12.7 Å². The fraction of sp³-hybridized carbons (Fsp3) is 0.370. The summed E-state index contributed by atoms with van der Waals surface area (Å²) in [6.45, 7) is 5.83. The summed E-state index contributed by atoms with van der Waals surface area (Å²) in [5.41, 5.74) is 4.61. The monoisotopic (exact) mass is 420 g/mol. The average Bonchev–Trinajstić information content (AvgIpc) is 2.81. The van der Waals surface area contributed by atoms with E-state index in [0.717, 1.165) is 28.7 Å². The molecule has 1 saturated carbocycles. The van der Waals surface area contributed by atoms with Crippen molar-refractivity contribution in [1.29, 1.82) is 0 Å². The zero-order valence-corrected chi connectivity index (χ0v) is 18.3. The maximum absolute atomic E-state index is 11.2. The van der Waals surface area contributed by atoms with Crippen molar-refractivity contribution in [3.05, 3.63) is 78.8 Å². The van der Waals surface area contributed by atoms with Gasteiger partial charge in [0.2, 0.25) is 0 Å². The molecule has 0 saturated heterocycles. The quantitative estimate of drug-likeness (QED) is 0.300. The van der Waals surface area contributed by atoms with Gasteiger partial charge in [-0.05, 0) is 65.8 Å². The molecule has 4 heteroatoms. The van der Waals surface area contributed by atoms with Crippen LogP contribution < -0.4 is 4.74 Å². The second-order valence-corrected chi connectivity index (χ2v) is 8.26. The zero-order chi connectivity index (χ0) is 22.1. The summed E-state index contributed by atoms with van der Waals surface area (Å²) in [5.74, 6) is 1.67. The summed E-state index contributed by atoms with van der Waals surface area (Å²) in [4.78, 5) is 11.2. The van der Waals surface area contributed by atoms with E-state index in [0.29, 0.717) is 24.5 Å². The molecule has 0 atom stereocenters. The summed E-state index contributed by atoms with van der Waals surface area (Å²) in [6, 6.07) is 15.0. The molecule has 0 amide bonds. The summed E-state index contributed by atoms with van der Waals surface area (Å²) >= 11 is 0. The van der Waals surface area contributed by atoms with E-state index in [1.165, 1.54) is 43.8 Å². The lowest BCUT2D eigenvalue weighted by atomic mass is 9.79. The predicted molar refractivity (Wildman–Crippen MR) is 124 cm³/mol. The summed E-state index contributed by atoms with van der Waals surface area (Å²) in [5, 5.41) is 9.18. The first-order valence-corrected chi connectivity index (χ1v) is 11.1. The topological polar surface area (TPSA) is 55.8 Å². The molecule has 3 rings (SSSR count). The van der Waals surface area contributed by atoms with Crippen molar-refractivity contribution in [1.82, 2.24) is 0 Å². The van der Waals surface area contributed by atoms with E-state index < -0.39 is 5.97 Å². The molecule has 0 aromatic heterocycles. The molecule has 0 radical (unpaired) electrons. The van der Waals surface area contributed by atoms with E-state index in [2.05, 4.69) is 43.8 Å². The molecule has 0 bridgehead atoms. The Morgan fingerprint density at radius 3 is 2.45 bits per heavy atom. The first-order chi connectivity index (χ1) is 15.1. The van der Waals surface area contributed by atoms with Gasteiger partial charge in [0.1, 0.15) is 18.3 Å². The molecule has 0 spiro atoms. The van der Waals surface area contributed by atoms with Gasteiger partial charge in [-0.1, -0.05) is 62.7 Å². The molecule has 1 aliphatic carbocycles. The van der Waals surface area contributed by atoms with Crippen LogP contribution in [0.3, 0.4) is 0 Å². The van der Waals surface area contributed by atoms with Crippen molar-refractivity contribution < 1.29 is 19.4 Å². The van der Waals surface area contributed by atoms with Gasteiger partial charge >= 0.3 is 5.97 Å². The van der Waals surface area contributed by atoms with E-state index in [-0.39, 0.29) is 6.61 Å². The third kappa shape index (κ3) is 6.56. The number of carbonyl (C=O) groups excluding carboxylic acids is 1. The van der Waals surface area contributed by atoms with Crippen molar-refractivity contribution in [3.8, 4) is 16.9 Å². The Bertz CT molecular complexity index is 890. The predicted octanol–water partition coefficient (Wildman–Crippen LogP) is 6.15. The number of ether oxygens (including phenoxy) is 2. The van der Waals surface area contributed by atoms with Crippen molar-refractivity contribution in [2.24, 2.45) is 5.92 Å². The Labute approximate surface area is 185 Å². The fourth-order valence-electron chi connectivity index (χ4n) is 4.11. The van der Waals surface area contributed by atoms with Gasteiger partial charge in [0.25, 0.3) is 0 Å². The SMILES string of the molecule is C=CC(=O)O/C=C/Oc1cc(-c2ccc(C3CCC(C)CC3)cc2)ccc1CCCO. The molecule has 2 aromatic carbocycles. The lowest BCUT2D eigenvalue weighted by Gasteiger charge is -2.26. The van der Waals surface area contributed by atoms with E-state index in [1.54, 1.807) is 0 Å². The van der Waals surface area contributed by atoms with Gasteiger partial charge in [-0.3, -0.25) is 0 Å². The first-order valence-electron chi connectivity index (χ1n) is 11.1. The fourth-order valence-corrected chi connectivity index (χ4v) is 4.11. The van der Waals surface area contributed by atoms with E-state index in [1.807, 2.05) is 12.1 Å². The van der Waals surface area contributed by atoms with Gasteiger partial charge in [-0.25, -0.2) is 4.79 Å². The number of hydrogen-bond acceptors (Lipinski definition) is 4. The Balaban J connectivity index is 1.75. The summed E-state index contributed by atoms with van der Waals surface area (Å²) < 4.78 is 10.6. The highest BCUT2D eigenvalue weighted by Crippen LogP contribution is 2.36. The van der Waals surface area contributed by atoms with E-state index in [4.69, 9.17) is 9.47 Å². The number of aryl methyl sites for hydroxylation is 1. The molecule has 0 unspecified atom stereocenters. The first kappa shape index (κ1) is 22.8. The van der Waals surface area contributed by atoms with Crippen LogP contribution in [0.25, 0.3) is 11.1 Å². The van der Waals surface area contributed by atoms with Crippen LogP contribution in [-0.4, -0.2) is 17.7 Å². The molecular weight excluding hydrogens is 388 g/mol. The highest BCUT2D eigenvalue weighted by atomic mass is 16.5. The number of benzene rings is 2. The van der Waals surface area contributed by atoms with Crippen LogP contribution in [0.2, 0.25) is 0 Å². The van der Waals surface area contributed by atoms with Crippen LogP contribution in [-0.2, 0) is 16.0 Å². The second-order valence-electron chi connectivity index (χ2n) is 8.26. The molecule has 0 heterocycles. The van der Waals surface area contributed by atoms with Crippen molar-refractivity contribution in [2.75, 3.05) is 6.61 Å². The molecule has 31 heavy (non-hydrogen) atoms. The Kier molecular flexibility index (Phi) is 8.48. The Morgan fingerprint density at radius 2 is 1.77 bits per heavy atom. The van der Waals surface area contributed by atoms with Crippen LogP contribution in [0.15, 0.2) is 67.6 Å². The molecule has 2 aromatic rings. The molecule has 4 nitrogen and oxygen atoms in total. The summed E-state index contributed by atoms with van der Waals surface area (Å²) in [6.07, 6.45) is 10.2. The lowest BCUT2D eigenvalue weighted by molar-refractivity contribution is -0.132. The Hall–Kier alpha value is -2.85. The molecule has 164 valence electrons. The number of aliphatic hydroxyl groups excluding tert-OH is 1. The van der Waals surface area contributed by atoms with Gasteiger partial charge < -0.3 is 14.6 Å². The molecule has 1 N–H and O–H groups in total. The van der Waals surface area contributed by atoms with Crippen LogP contribution in [0, 0.1) is 5.92 Å². The number of carbonyl (C=O) groups is 1. The van der Waals surface area contributed by atoms with Crippen LogP contribution >= 0.6 is 0 Å². The lowest BCUT2D eigenvalue weighted by Crippen LogP contribution is -2.10. The minimum Gasteiger partial charge on any atom is -0.461 e. The largest absolute Gasteiger partial charge is 0.461 e. The molecular formula is C27H32O4. The second kappa shape index (κ2) is 11.5. The zero-order valence-electron chi connectivity index (χ0n) is 18.3. The van der Waals surface area contributed by atoms with Crippen molar-refractivity contribution >= 4 is 5.97 Å². The third-order valence-corrected chi connectivity index (χ3v) is 6.00. The third-order valence-electron chi connectivity index (χ3n) is 6.00. The van der Waals surface area contributed by atoms with Gasteiger partial charge in [0.15, 0.2) is 0 Å². The van der Waals surface area contributed by atoms with Crippen LogP contribution in [0.4, 0.5) is 0 Å². The minimum atomic E-state index is -0.540. The highest BCUT2D eigenvalue weighted by Gasteiger charge is 2.19. The average molecular weight is 421 g/mol. The molecule has 0 aliphatic heterocycles. The molecule has 1 aliphatic rings. The van der Waals surface area contributed by atoms with Gasteiger partial charge in [-0.15, -0.1) is 0 Å². The van der Waals surface area contributed by atoms with E-state index >= 15 is 0 Å². The molecule has 1 fully saturated rings. The number of rotatable bonds is 9. The van der Waals surface area contributed by atoms with Crippen LogP contribution in [0.1, 0.15) is 56.1 Å². The maximum atomic E-state index is 11.2. The van der Waals surface area contributed by atoms with E-state index in [9.17, 15) is 9.90 Å². The smallest absolute Gasteiger partial charge is 0.335 e. The minimum absolute atomic E-state index is 0.120. The van der Waals surface area contributed by atoms with Gasteiger partial charge in [-0.2, -0.15) is 0 Å². The summed E-state index contributed by atoms with van der Waals surface area (Å²) in [7, 11) is 0. The normalized spacial score (nSPS) is 18.6. The number of hydrogen-bond donors (Lipinski definition) is 1. The number of esters is 1. The van der Waals surface area contributed by atoms with Crippen molar-refractivity contribution in [3.63, 3.8) is 0 Å². The maximum Gasteiger partial charge on any atom is 0.335 e. The standard InChI is InChI=1S/C27H32O4/c1-3-27(29)31-18-17-30-26-19-25(15-14-24(26)5-4-16-28)23-12-10-22(11-13-23)21-8-6-20(2)7-9-21/h3,10-15,17-21,28H,1,4-9,16H2,2H3/b18-17+. The Morgan fingerprint density at radius 1 is 1.06 bits per heavy atom. The number of aliphatic hydroxyl groups is 1. The van der Waals surface area contributed by atoms with Gasteiger partial charge in [0.05, 0.1) is 0 Å². The van der Waals surface area contributed by atoms with Crippen LogP contribution in [0.5, 0.6) is 5.75 Å². The highest BCUT2D eigenvalue weighted by molar-refractivity contribution is 5.81.